The molecule has 0 radical (unpaired) electrons. The highest BCUT2D eigenvalue weighted by Gasteiger charge is 2.25. The maximum atomic E-state index is 11.2. The molecule has 0 aliphatic heterocycles. The number of amides is 1. The van der Waals surface area contributed by atoms with Crippen LogP contribution in [-0.2, 0) is 9.59 Å². The molecule has 16 heavy (non-hydrogen) atoms. The summed E-state index contributed by atoms with van der Waals surface area (Å²) in [6.45, 7) is 4.16. The first-order chi connectivity index (χ1) is 7.63. The number of carbonyl (C=O) groups is 2. The van der Waals surface area contributed by atoms with Crippen molar-refractivity contribution in [2.45, 2.75) is 32.1 Å². The highest BCUT2D eigenvalue weighted by Crippen LogP contribution is 2.28. The van der Waals surface area contributed by atoms with Crippen molar-refractivity contribution in [2.24, 2.45) is 11.8 Å². The Morgan fingerprint density at radius 1 is 1.31 bits per heavy atom. The maximum Gasteiger partial charge on any atom is 0.306 e. The number of nitrogens with one attached hydrogen (secondary N) is 1. The summed E-state index contributed by atoms with van der Waals surface area (Å²) in [4.78, 5) is 21.9. The van der Waals surface area contributed by atoms with Gasteiger partial charge in [-0.2, -0.15) is 0 Å². The van der Waals surface area contributed by atoms with E-state index in [1.54, 1.807) is 6.08 Å². The first kappa shape index (κ1) is 12.7. The van der Waals surface area contributed by atoms with Crippen LogP contribution in [0.5, 0.6) is 0 Å². The highest BCUT2D eigenvalue weighted by atomic mass is 16.4. The minimum Gasteiger partial charge on any atom is -0.481 e. The van der Waals surface area contributed by atoms with Gasteiger partial charge in [-0.25, -0.2) is 0 Å². The number of carboxylic acid groups (broad SMARTS) is 1. The minimum absolute atomic E-state index is 0.00430. The normalized spacial score (nSPS) is 24.8. The molecule has 0 saturated heterocycles. The second-order valence-electron chi connectivity index (χ2n) is 4.35. The van der Waals surface area contributed by atoms with Gasteiger partial charge in [-0.15, -0.1) is 6.58 Å². The molecule has 1 aliphatic rings. The lowest BCUT2D eigenvalue weighted by molar-refractivity contribution is -0.143. The Kier molecular flexibility index (Phi) is 5.02. The van der Waals surface area contributed by atoms with Gasteiger partial charge >= 0.3 is 5.97 Å². The fourth-order valence-corrected chi connectivity index (χ4v) is 2.07. The van der Waals surface area contributed by atoms with E-state index in [9.17, 15) is 9.59 Å². The van der Waals surface area contributed by atoms with Crippen LogP contribution in [0.1, 0.15) is 32.1 Å². The van der Waals surface area contributed by atoms with Crippen LogP contribution in [-0.4, -0.2) is 23.5 Å². The van der Waals surface area contributed by atoms with Crippen LogP contribution in [0.15, 0.2) is 12.7 Å². The molecule has 4 nitrogen and oxygen atoms in total. The Labute approximate surface area is 95.7 Å². The third-order valence-corrected chi connectivity index (χ3v) is 3.11. The summed E-state index contributed by atoms with van der Waals surface area (Å²) < 4.78 is 0. The van der Waals surface area contributed by atoms with E-state index < -0.39 is 5.97 Å². The molecule has 0 spiro atoms. The predicted molar refractivity (Wildman–Crippen MR) is 60.9 cm³/mol. The zero-order valence-electron chi connectivity index (χ0n) is 9.45. The Morgan fingerprint density at radius 2 is 1.94 bits per heavy atom. The topological polar surface area (TPSA) is 66.4 Å². The van der Waals surface area contributed by atoms with Crippen LogP contribution in [0, 0.1) is 11.8 Å². The molecule has 4 heteroatoms. The average molecular weight is 225 g/mol. The van der Waals surface area contributed by atoms with Crippen LogP contribution in [0.25, 0.3) is 0 Å². The molecule has 0 aromatic carbocycles. The minimum atomic E-state index is -0.686. The number of carbonyl (C=O) groups excluding carboxylic acids is 1. The lowest BCUT2D eigenvalue weighted by Crippen LogP contribution is -2.32. The van der Waals surface area contributed by atoms with E-state index in [0.717, 1.165) is 25.7 Å². The van der Waals surface area contributed by atoms with Crippen molar-refractivity contribution in [3.63, 3.8) is 0 Å². The summed E-state index contributed by atoms with van der Waals surface area (Å²) in [6, 6.07) is 0. The van der Waals surface area contributed by atoms with Crippen LogP contribution in [0.2, 0.25) is 0 Å². The van der Waals surface area contributed by atoms with E-state index in [-0.39, 0.29) is 11.8 Å². The largest absolute Gasteiger partial charge is 0.481 e. The van der Waals surface area contributed by atoms with E-state index in [0.29, 0.717) is 18.9 Å². The lowest BCUT2D eigenvalue weighted by atomic mass is 9.82. The molecule has 0 bridgehead atoms. The van der Waals surface area contributed by atoms with Crippen molar-refractivity contribution in [3.8, 4) is 0 Å². The quantitative estimate of drug-likeness (QED) is 0.698. The second-order valence-corrected chi connectivity index (χ2v) is 4.35. The van der Waals surface area contributed by atoms with E-state index in [2.05, 4.69) is 11.9 Å². The molecule has 1 aliphatic carbocycles. The van der Waals surface area contributed by atoms with Gasteiger partial charge in [0.2, 0.25) is 5.91 Å². The molecule has 1 fully saturated rings. The third-order valence-electron chi connectivity index (χ3n) is 3.11. The Hall–Kier alpha value is -1.32. The molecule has 90 valence electrons. The van der Waals surface area contributed by atoms with Gasteiger partial charge in [0, 0.05) is 13.0 Å². The SMILES string of the molecule is C=CCC(=O)NCC1CCC(C(=O)O)CC1. The molecule has 0 aromatic heterocycles. The van der Waals surface area contributed by atoms with Gasteiger partial charge in [0.05, 0.1) is 5.92 Å². The molecule has 2 N–H and O–H groups in total. The number of carboxylic acids is 1. The Morgan fingerprint density at radius 3 is 2.44 bits per heavy atom. The zero-order valence-corrected chi connectivity index (χ0v) is 9.45. The molecule has 1 saturated carbocycles. The van der Waals surface area contributed by atoms with Gasteiger partial charge in [0.25, 0.3) is 0 Å². The van der Waals surface area contributed by atoms with Gasteiger partial charge < -0.3 is 10.4 Å². The van der Waals surface area contributed by atoms with Crippen molar-refractivity contribution in [1.82, 2.24) is 5.32 Å². The van der Waals surface area contributed by atoms with Crippen molar-refractivity contribution in [2.75, 3.05) is 6.54 Å². The smallest absolute Gasteiger partial charge is 0.306 e. The highest BCUT2D eigenvalue weighted by molar-refractivity contribution is 5.77. The molecular weight excluding hydrogens is 206 g/mol. The van der Waals surface area contributed by atoms with Crippen LogP contribution in [0.3, 0.4) is 0 Å². The lowest BCUT2D eigenvalue weighted by Gasteiger charge is -2.26. The van der Waals surface area contributed by atoms with E-state index in [1.165, 1.54) is 0 Å². The van der Waals surface area contributed by atoms with Gasteiger partial charge in [0.15, 0.2) is 0 Å². The fourth-order valence-electron chi connectivity index (χ4n) is 2.07. The molecular formula is C12H19NO3. The van der Waals surface area contributed by atoms with E-state index in [1.807, 2.05) is 0 Å². The summed E-state index contributed by atoms with van der Waals surface area (Å²) >= 11 is 0. The predicted octanol–water partition coefficient (Wildman–Crippen LogP) is 1.57. The number of hydrogen-bond acceptors (Lipinski definition) is 2. The van der Waals surface area contributed by atoms with Crippen molar-refractivity contribution >= 4 is 11.9 Å². The maximum absolute atomic E-state index is 11.2. The first-order valence-corrected chi connectivity index (χ1v) is 5.74. The van der Waals surface area contributed by atoms with Crippen LogP contribution >= 0.6 is 0 Å². The second kappa shape index (κ2) is 6.30. The van der Waals surface area contributed by atoms with Crippen molar-refractivity contribution in [3.05, 3.63) is 12.7 Å². The summed E-state index contributed by atoms with van der Waals surface area (Å²) in [5, 5.41) is 11.7. The molecule has 0 unspecified atom stereocenters. The standard InChI is InChI=1S/C12H19NO3/c1-2-3-11(14)13-8-9-4-6-10(7-5-9)12(15)16/h2,9-10H,1,3-8H2,(H,13,14)(H,15,16). The average Bonchev–Trinajstić information content (AvgIpc) is 2.27. The van der Waals surface area contributed by atoms with Gasteiger partial charge in [-0.3, -0.25) is 9.59 Å². The Balaban J connectivity index is 2.19. The monoisotopic (exact) mass is 225 g/mol. The van der Waals surface area contributed by atoms with Crippen LogP contribution < -0.4 is 5.32 Å². The fraction of sp³-hybridized carbons (Fsp3) is 0.667. The van der Waals surface area contributed by atoms with Crippen LogP contribution in [0.4, 0.5) is 0 Å². The van der Waals surface area contributed by atoms with Crippen molar-refractivity contribution in [1.29, 1.82) is 0 Å². The summed E-state index contributed by atoms with van der Waals surface area (Å²) in [6.07, 6.45) is 5.19. The molecule has 1 amide bonds. The molecule has 0 aromatic rings. The van der Waals surface area contributed by atoms with E-state index in [4.69, 9.17) is 5.11 Å². The molecule has 1 rings (SSSR count). The van der Waals surface area contributed by atoms with Gasteiger partial charge in [-0.1, -0.05) is 6.08 Å². The first-order valence-electron chi connectivity index (χ1n) is 5.74. The molecule has 0 atom stereocenters. The van der Waals surface area contributed by atoms with Crippen molar-refractivity contribution < 1.29 is 14.7 Å². The number of aliphatic carboxylic acids is 1. The Bertz CT molecular complexity index is 267. The van der Waals surface area contributed by atoms with Gasteiger partial charge in [0.1, 0.15) is 0 Å². The zero-order chi connectivity index (χ0) is 12.0. The summed E-state index contributed by atoms with van der Waals surface area (Å²) in [5.41, 5.74) is 0. The van der Waals surface area contributed by atoms with Gasteiger partial charge in [-0.05, 0) is 31.6 Å². The number of hydrogen-bond donors (Lipinski definition) is 2. The summed E-state index contributed by atoms with van der Waals surface area (Å²) in [7, 11) is 0. The van der Waals surface area contributed by atoms with E-state index >= 15 is 0 Å². The summed E-state index contributed by atoms with van der Waals surface area (Å²) in [5.74, 6) is -0.436. The molecule has 0 heterocycles. The third kappa shape index (κ3) is 4.04. The number of rotatable bonds is 5.